The molecule has 0 aliphatic heterocycles. The van der Waals surface area contributed by atoms with Gasteiger partial charge in [0.15, 0.2) is 0 Å². The Hall–Kier alpha value is -6.47. The van der Waals surface area contributed by atoms with Crippen molar-refractivity contribution in [3.05, 3.63) is 204 Å². The standard InChI is InChI=1S/C47H34F6O6S2.C2H6.CH4O3S/c1-32-7-23-41(24-8-32)60(54,55)43-27-19-39(20-28-43)58-37-15-11-35(12-16-37)45(46(48,49)50,47(51,52)53)36-13-17-38(18-14-36)59-40-21-29-44(30-22-40)61(56,57)42-25-9-34(10-26-42)31-33-5-3-2-4-6-33;1-2;1-5(2,3)4/h2-30H,31H2,1H3;1-2H3;1H3,(H,2,3,4). The monoisotopic (exact) mass is 998 g/mol. The predicted octanol–water partition coefficient (Wildman–Crippen LogP) is 12.8. The maximum absolute atomic E-state index is 14.9. The van der Waals surface area contributed by atoms with Gasteiger partial charge in [-0.2, -0.15) is 34.8 Å². The minimum absolute atomic E-state index is 0.0450. The number of rotatable bonds is 12. The molecule has 1 N–H and O–H groups in total. The highest BCUT2D eigenvalue weighted by Gasteiger charge is 2.72. The lowest BCUT2D eigenvalue weighted by atomic mass is 9.73. The minimum atomic E-state index is -5.86. The highest BCUT2D eigenvalue weighted by molar-refractivity contribution is 7.91. The molecule has 0 saturated carbocycles. The second kappa shape index (κ2) is 21.2. The molecule has 0 atom stereocenters. The zero-order chi connectivity index (χ0) is 50.1. The first-order chi connectivity index (χ1) is 31.9. The molecule has 0 aliphatic carbocycles. The molecule has 0 heterocycles. The van der Waals surface area contributed by atoms with Crippen LogP contribution in [0.1, 0.15) is 41.7 Å². The molecule has 0 aliphatic rings. The lowest BCUT2D eigenvalue weighted by Gasteiger charge is -2.38. The van der Waals surface area contributed by atoms with Crippen LogP contribution in [0.5, 0.6) is 23.0 Å². The van der Waals surface area contributed by atoms with E-state index in [0.29, 0.717) is 36.9 Å². The normalized spacial score (nSPS) is 12.2. The van der Waals surface area contributed by atoms with Gasteiger partial charge in [-0.3, -0.25) is 4.55 Å². The van der Waals surface area contributed by atoms with E-state index in [1.54, 1.807) is 24.3 Å². The summed E-state index contributed by atoms with van der Waals surface area (Å²) in [7, 11) is -11.5. The third-order valence-electron chi connectivity index (χ3n) is 9.98. The molecular formula is C50H44F6O9S3. The van der Waals surface area contributed by atoms with Crippen LogP contribution in [-0.2, 0) is 41.6 Å². The molecule has 358 valence electrons. The maximum Gasteiger partial charge on any atom is 0.411 e. The summed E-state index contributed by atoms with van der Waals surface area (Å²) < 4.78 is 179. The lowest BCUT2D eigenvalue weighted by molar-refractivity contribution is -0.288. The number of halogens is 6. The van der Waals surface area contributed by atoms with Gasteiger partial charge in [0.1, 0.15) is 23.0 Å². The van der Waals surface area contributed by atoms with Gasteiger partial charge in [0.25, 0.3) is 10.1 Å². The predicted molar refractivity (Wildman–Crippen MR) is 245 cm³/mol. The number of ether oxygens (including phenoxy) is 2. The fourth-order valence-corrected chi connectivity index (χ4v) is 9.30. The Bertz CT molecular complexity index is 3070. The van der Waals surface area contributed by atoms with Crippen LogP contribution < -0.4 is 9.47 Å². The molecule has 0 amide bonds. The van der Waals surface area contributed by atoms with E-state index in [1.165, 1.54) is 72.8 Å². The van der Waals surface area contributed by atoms with E-state index in [-0.39, 0.29) is 42.6 Å². The van der Waals surface area contributed by atoms with Gasteiger partial charge in [-0.25, -0.2) is 16.8 Å². The van der Waals surface area contributed by atoms with Gasteiger partial charge in [0.05, 0.1) is 25.8 Å². The van der Waals surface area contributed by atoms with Crippen molar-refractivity contribution in [3.8, 4) is 23.0 Å². The van der Waals surface area contributed by atoms with Gasteiger partial charge in [0, 0.05) is 0 Å². The van der Waals surface area contributed by atoms with Crippen LogP contribution in [0.15, 0.2) is 196 Å². The average Bonchev–Trinajstić information content (AvgIpc) is 3.28. The van der Waals surface area contributed by atoms with E-state index >= 15 is 0 Å². The summed E-state index contributed by atoms with van der Waals surface area (Å²) in [4.78, 5) is 0.0359. The van der Waals surface area contributed by atoms with Crippen LogP contribution in [0.2, 0.25) is 0 Å². The molecule has 0 unspecified atom stereocenters. The van der Waals surface area contributed by atoms with Crippen LogP contribution in [0, 0.1) is 6.92 Å². The van der Waals surface area contributed by atoms with Crippen molar-refractivity contribution in [3.63, 3.8) is 0 Å². The number of hydrogen-bond acceptors (Lipinski definition) is 8. The first-order valence-electron chi connectivity index (χ1n) is 20.4. The molecule has 0 saturated heterocycles. The molecule has 7 aromatic carbocycles. The molecule has 0 fully saturated rings. The van der Waals surface area contributed by atoms with Crippen LogP contribution in [0.3, 0.4) is 0 Å². The Morgan fingerprint density at radius 3 is 1.00 bits per heavy atom. The van der Waals surface area contributed by atoms with E-state index in [9.17, 15) is 51.6 Å². The van der Waals surface area contributed by atoms with Gasteiger partial charge in [-0.15, -0.1) is 0 Å². The maximum atomic E-state index is 14.9. The topological polar surface area (TPSA) is 141 Å². The van der Waals surface area contributed by atoms with Gasteiger partial charge < -0.3 is 9.47 Å². The zero-order valence-corrected chi connectivity index (χ0v) is 39.1. The molecule has 68 heavy (non-hydrogen) atoms. The van der Waals surface area contributed by atoms with Crippen molar-refractivity contribution in [2.24, 2.45) is 0 Å². The molecule has 9 nitrogen and oxygen atoms in total. The Morgan fingerprint density at radius 2 is 0.691 bits per heavy atom. The fourth-order valence-electron chi connectivity index (χ4n) is 6.78. The van der Waals surface area contributed by atoms with Crippen LogP contribution >= 0.6 is 0 Å². The van der Waals surface area contributed by atoms with Gasteiger partial charge in [0.2, 0.25) is 25.1 Å². The average molecular weight is 999 g/mol. The molecule has 0 bridgehead atoms. The van der Waals surface area contributed by atoms with E-state index in [0.717, 1.165) is 41.0 Å². The minimum Gasteiger partial charge on any atom is -0.457 e. The number of aryl methyl sites for hydroxylation is 1. The molecule has 7 aromatic rings. The van der Waals surface area contributed by atoms with Crippen molar-refractivity contribution in [2.45, 2.75) is 64.5 Å². The quantitative estimate of drug-likeness (QED) is 0.0935. The highest BCUT2D eigenvalue weighted by Crippen LogP contribution is 2.56. The van der Waals surface area contributed by atoms with Crippen molar-refractivity contribution >= 4 is 29.8 Å². The molecular weight excluding hydrogens is 955 g/mol. The smallest absolute Gasteiger partial charge is 0.411 e. The molecule has 0 spiro atoms. The Morgan fingerprint density at radius 1 is 0.426 bits per heavy atom. The van der Waals surface area contributed by atoms with Crippen LogP contribution in [0.4, 0.5) is 26.3 Å². The van der Waals surface area contributed by atoms with Crippen LogP contribution in [0.25, 0.3) is 0 Å². The van der Waals surface area contributed by atoms with E-state index in [2.05, 4.69) is 0 Å². The largest absolute Gasteiger partial charge is 0.457 e. The van der Waals surface area contributed by atoms with Gasteiger partial charge in [-0.1, -0.05) is 98.3 Å². The summed E-state index contributed by atoms with van der Waals surface area (Å²) in [6.07, 6.45) is -10.4. The molecule has 18 heteroatoms. The van der Waals surface area contributed by atoms with E-state index < -0.39 is 58.7 Å². The third kappa shape index (κ3) is 12.5. The Kier molecular flexibility index (Phi) is 16.4. The number of benzene rings is 7. The summed E-state index contributed by atoms with van der Waals surface area (Å²) in [6, 6.07) is 39.3. The van der Waals surface area contributed by atoms with Crippen molar-refractivity contribution < 1.29 is 65.6 Å². The van der Waals surface area contributed by atoms with Gasteiger partial charge in [-0.05, 0) is 133 Å². The number of alkyl halides is 6. The molecule has 0 aromatic heterocycles. The number of sulfone groups is 2. The van der Waals surface area contributed by atoms with Gasteiger partial charge >= 0.3 is 12.4 Å². The summed E-state index contributed by atoms with van der Waals surface area (Å²) in [5.41, 5.74) is -3.86. The van der Waals surface area contributed by atoms with E-state index in [4.69, 9.17) is 14.0 Å². The number of hydrogen-bond donors (Lipinski definition) is 1. The summed E-state index contributed by atoms with van der Waals surface area (Å²) in [5.74, 6) is -0.0331. The van der Waals surface area contributed by atoms with Crippen molar-refractivity contribution in [2.75, 3.05) is 6.26 Å². The Balaban J connectivity index is 0.00000116. The zero-order valence-electron chi connectivity index (χ0n) is 36.7. The first-order valence-corrected chi connectivity index (χ1v) is 25.2. The molecule has 0 radical (unpaired) electrons. The SMILES string of the molecule is CC.CS(=O)(=O)O.Cc1ccc(S(=O)(=O)c2ccc(Oc3ccc(C(c4ccc(Oc5ccc(S(=O)(=O)c6ccc(Cc7ccccc7)cc6)cc5)cc4)(C(F)(F)F)C(F)(F)F)cc3)cc2)cc1. The fraction of sp³-hybridized carbons (Fsp3) is 0.160. The van der Waals surface area contributed by atoms with Crippen molar-refractivity contribution in [1.29, 1.82) is 0 Å². The molecule has 7 rings (SSSR count). The highest BCUT2D eigenvalue weighted by atomic mass is 32.2. The van der Waals surface area contributed by atoms with E-state index in [1.807, 2.05) is 51.1 Å². The Labute approximate surface area is 391 Å². The lowest BCUT2D eigenvalue weighted by Crippen LogP contribution is -2.54. The van der Waals surface area contributed by atoms with Crippen molar-refractivity contribution in [1.82, 2.24) is 0 Å². The third-order valence-corrected chi connectivity index (χ3v) is 13.6. The second-order valence-electron chi connectivity index (χ2n) is 14.8. The summed E-state index contributed by atoms with van der Waals surface area (Å²) in [5, 5.41) is 0. The summed E-state index contributed by atoms with van der Waals surface area (Å²) in [6.45, 7) is 5.81. The summed E-state index contributed by atoms with van der Waals surface area (Å²) >= 11 is 0. The second-order valence-corrected chi connectivity index (χ2v) is 20.2. The first kappa shape index (κ1) is 52.5. The van der Waals surface area contributed by atoms with Crippen LogP contribution in [-0.4, -0.2) is 48.4 Å².